The normalized spacial score (nSPS) is 10.9. The number of carbonyl (C=O) groups is 4. The molecule has 0 N–H and O–H groups in total. The van der Waals surface area contributed by atoms with Gasteiger partial charge in [-0.2, -0.15) is 0 Å². The average Bonchev–Trinajstić information content (AvgIpc) is 2.81. The van der Waals surface area contributed by atoms with E-state index in [4.69, 9.17) is 0 Å². The predicted molar refractivity (Wildman–Crippen MR) is 134 cm³/mol. The molecule has 9 heteroatoms. The molecule has 196 valence electrons. The van der Waals surface area contributed by atoms with Gasteiger partial charge in [0.25, 0.3) is 0 Å². The van der Waals surface area contributed by atoms with Crippen LogP contribution in [0.3, 0.4) is 0 Å². The van der Waals surface area contributed by atoms with Crippen LogP contribution < -0.4 is 0 Å². The summed E-state index contributed by atoms with van der Waals surface area (Å²) in [5, 5.41) is 0. The molecule has 35 heavy (non-hydrogen) atoms. The molecule has 0 fully saturated rings. The van der Waals surface area contributed by atoms with Crippen molar-refractivity contribution in [3.8, 4) is 0 Å². The van der Waals surface area contributed by atoms with Crippen LogP contribution >= 0.6 is 0 Å². The minimum absolute atomic E-state index is 0.0529. The molecule has 0 heterocycles. The van der Waals surface area contributed by atoms with Crippen LogP contribution in [0.4, 0.5) is 4.39 Å². The van der Waals surface area contributed by atoms with Crippen LogP contribution in [0, 0.1) is 11.7 Å². The molecule has 0 aliphatic rings. The second-order valence-corrected chi connectivity index (χ2v) is 9.37. The van der Waals surface area contributed by atoms with Crippen LogP contribution in [0.5, 0.6) is 0 Å². The van der Waals surface area contributed by atoms with Crippen molar-refractivity contribution in [1.82, 2.24) is 19.6 Å². The van der Waals surface area contributed by atoms with Crippen molar-refractivity contribution in [3.63, 3.8) is 0 Å². The maximum absolute atomic E-state index is 13.9. The van der Waals surface area contributed by atoms with Gasteiger partial charge >= 0.3 is 0 Å². The van der Waals surface area contributed by atoms with E-state index in [1.807, 2.05) is 20.9 Å². The molecule has 0 aliphatic carbocycles. The summed E-state index contributed by atoms with van der Waals surface area (Å²) in [4.78, 5) is 54.3. The van der Waals surface area contributed by atoms with Gasteiger partial charge < -0.3 is 24.4 Å². The molecule has 0 aliphatic heterocycles. The van der Waals surface area contributed by atoms with Crippen molar-refractivity contribution >= 4 is 24.5 Å². The highest BCUT2D eigenvalue weighted by Gasteiger charge is 2.22. The standard InChI is InChI=1S/C26H41FN4O4/c1-22(2)18-31(20-25(34)29(4)15-9-14-28(3)13-7-8-17-32)26(35)19-30(21-33)16-12-23-10-5-6-11-24(23)27/h5-6,10-11,17,21-22H,7-9,12-16,18-20H2,1-4H3. The number of likely N-dealkylation sites (N-methyl/N-ethyl adjacent to an activating group) is 1. The zero-order valence-electron chi connectivity index (χ0n) is 21.6. The van der Waals surface area contributed by atoms with Gasteiger partial charge in [0.2, 0.25) is 18.2 Å². The summed E-state index contributed by atoms with van der Waals surface area (Å²) in [6.07, 6.45) is 3.96. The zero-order valence-corrected chi connectivity index (χ0v) is 21.6. The van der Waals surface area contributed by atoms with E-state index in [0.717, 1.165) is 32.2 Å². The summed E-state index contributed by atoms with van der Waals surface area (Å²) in [5.74, 6) is -0.658. The molecule has 0 saturated heterocycles. The third kappa shape index (κ3) is 12.5. The fourth-order valence-corrected chi connectivity index (χ4v) is 3.65. The molecular weight excluding hydrogens is 451 g/mol. The van der Waals surface area contributed by atoms with Crippen LogP contribution in [0.2, 0.25) is 0 Å². The quantitative estimate of drug-likeness (QED) is 0.232. The molecular formula is C26H41FN4O4. The highest BCUT2D eigenvalue weighted by molar-refractivity contribution is 5.86. The molecule has 0 radical (unpaired) electrons. The first kappa shape index (κ1) is 30.2. The first-order chi connectivity index (χ1) is 16.7. The minimum Gasteiger partial charge on any atom is -0.344 e. The van der Waals surface area contributed by atoms with Gasteiger partial charge in [0.1, 0.15) is 12.1 Å². The van der Waals surface area contributed by atoms with Gasteiger partial charge in [-0.15, -0.1) is 0 Å². The van der Waals surface area contributed by atoms with E-state index in [9.17, 15) is 23.6 Å². The molecule has 1 rings (SSSR count). The van der Waals surface area contributed by atoms with Gasteiger partial charge in [-0.25, -0.2) is 4.39 Å². The summed E-state index contributed by atoms with van der Waals surface area (Å²) in [6.45, 7) is 6.52. The number of hydrogen-bond donors (Lipinski definition) is 0. The number of nitrogens with zero attached hydrogens (tertiary/aromatic N) is 4. The van der Waals surface area contributed by atoms with E-state index < -0.39 is 0 Å². The summed E-state index contributed by atoms with van der Waals surface area (Å²) < 4.78 is 13.9. The minimum atomic E-state index is -0.341. The molecule has 0 unspecified atom stereocenters. The Morgan fingerprint density at radius 2 is 1.63 bits per heavy atom. The van der Waals surface area contributed by atoms with Gasteiger partial charge in [-0.3, -0.25) is 14.4 Å². The van der Waals surface area contributed by atoms with Gasteiger partial charge in [0.05, 0.1) is 13.1 Å². The van der Waals surface area contributed by atoms with E-state index in [1.165, 1.54) is 15.9 Å². The Hall–Kier alpha value is -2.81. The SMILES string of the molecule is CC(C)CN(CC(=O)N(C)CCCN(C)CCCC=O)C(=O)CN(C=O)CCc1ccccc1F. The highest BCUT2D eigenvalue weighted by Crippen LogP contribution is 2.08. The van der Waals surface area contributed by atoms with Crippen LogP contribution in [-0.2, 0) is 25.6 Å². The molecule has 0 bridgehead atoms. The van der Waals surface area contributed by atoms with Crippen molar-refractivity contribution in [2.45, 2.75) is 39.5 Å². The number of hydrogen-bond acceptors (Lipinski definition) is 5. The third-order valence-electron chi connectivity index (χ3n) is 5.70. The lowest BCUT2D eigenvalue weighted by molar-refractivity contribution is -0.142. The van der Waals surface area contributed by atoms with Gasteiger partial charge in [0, 0.05) is 33.1 Å². The maximum atomic E-state index is 13.9. The topological polar surface area (TPSA) is 81.2 Å². The third-order valence-corrected chi connectivity index (χ3v) is 5.70. The van der Waals surface area contributed by atoms with Gasteiger partial charge in [-0.05, 0) is 56.9 Å². The van der Waals surface area contributed by atoms with Crippen molar-refractivity contribution < 1.29 is 23.6 Å². The number of amides is 3. The number of unbranched alkanes of at least 4 members (excludes halogenated alkanes) is 1. The Morgan fingerprint density at radius 3 is 2.26 bits per heavy atom. The summed E-state index contributed by atoms with van der Waals surface area (Å²) >= 11 is 0. The first-order valence-electron chi connectivity index (χ1n) is 12.2. The Morgan fingerprint density at radius 1 is 0.943 bits per heavy atom. The zero-order chi connectivity index (χ0) is 26.2. The molecule has 0 spiro atoms. The van der Waals surface area contributed by atoms with Gasteiger partial charge in [0.15, 0.2) is 0 Å². The van der Waals surface area contributed by atoms with E-state index in [-0.39, 0.29) is 43.2 Å². The Kier molecular flexibility index (Phi) is 14.5. The number of halogens is 1. The van der Waals surface area contributed by atoms with E-state index in [2.05, 4.69) is 4.90 Å². The second-order valence-electron chi connectivity index (χ2n) is 9.37. The molecule has 0 atom stereocenters. The van der Waals surface area contributed by atoms with E-state index >= 15 is 0 Å². The lowest BCUT2D eigenvalue weighted by atomic mass is 10.1. The molecule has 8 nitrogen and oxygen atoms in total. The number of rotatable bonds is 18. The molecule has 1 aromatic rings. The van der Waals surface area contributed by atoms with Crippen LogP contribution in [-0.4, -0.2) is 104 Å². The van der Waals surface area contributed by atoms with Crippen molar-refractivity contribution in [2.24, 2.45) is 5.92 Å². The summed E-state index contributed by atoms with van der Waals surface area (Å²) in [7, 11) is 3.71. The van der Waals surface area contributed by atoms with Crippen LogP contribution in [0.1, 0.15) is 38.7 Å². The largest absolute Gasteiger partial charge is 0.344 e. The Balaban J connectivity index is 2.59. The highest BCUT2D eigenvalue weighted by atomic mass is 19.1. The summed E-state index contributed by atoms with van der Waals surface area (Å²) in [6, 6.07) is 6.35. The van der Waals surface area contributed by atoms with Crippen molar-refractivity contribution in [1.29, 1.82) is 0 Å². The van der Waals surface area contributed by atoms with Crippen LogP contribution in [0.15, 0.2) is 24.3 Å². The monoisotopic (exact) mass is 492 g/mol. The van der Waals surface area contributed by atoms with E-state index in [0.29, 0.717) is 37.9 Å². The van der Waals surface area contributed by atoms with Crippen molar-refractivity contribution in [3.05, 3.63) is 35.6 Å². The smallest absolute Gasteiger partial charge is 0.242 e. The predicted octanol–water partition coefficient (Wildman–Crippen LogP) is 2.07. The van der Waals surface area contributed by atoms with Crippen LogP contribution in [0.25, 0.3) is 0 Å². The fraction of sp³-hybridized carbons (Fsp3) is 0.615. The second kappa shape index (κ2) is 16.8. The lowest BCUT2D eigenvalue weighted by Gasteiger charge is -2.29. The number of benzene rings is 1. The Labute approximate surface area is 209 Å². The molecule has 1 aromatic carbocycles. The average molecular weight is 493 g/mol. The number of carbonyl (C=O) groups excluding carboxylic acids is 4. The molecule has 3 amide bonds. The van der Waals surface area contributed by atoms with Crippen molar-refractivity contribution in [2.75, 3.05) is 59.9 Å². The molecule has 0 aromatic heterocycles. The first-order valence-corrected chi connectivity index (χ1v) is 12.2. The Bertz CT molecular complexity index is 805. The number of aldehydes is 1. The van der Waals surface area contributed by atoms with E-state index in [1.54, 1.807) is 30.1 Å². The lowest BCUT2D eigenvalue weighted by Crippen LogP contribution is -2.47. The van der Waals surface area contributed by atoms with Gasteiger partial charge in [-0.1, -0.05) is 32.0 Å². The maximum Gasteiger partial charge on any atom is 0.242 e. The fourth-order valence-electron chi connectivity index (χ4n) is 3.65. The summed E-state index contributed by atoms with van der Waals surface area (Å²) in [5.41, 5.74) is 0.483. The molecule has 0 saturated carbocycles.